The standard InChI is InChI=1S/C17H25N3/c1-4-17-19-14-7-5-6-8-15(14)20(17)16-11-12(2)9-10-13(16)18-3/h5-8,12-13,16,18H,4,9-11H2,1-3H3. The first kappa shape index (κ1) is 13.6. The Bertz CT molecular complexity index is 587. The molecule has 0 saturated heterocycles. The van der Waals surface area contributed by atoms with Crippen molar-refractivity contribution in [3.05, 3.63) is 30.1 Å². The summed E-state index contributed by atoms with van der Waals surface area (Å²) < 4.78 is 2.51. The van der Waals surface area contributed by atoms with Gasteiger partial charge in [-0.3, -0.25) is 0 Å². The molecule has 0 radical (unpaired) electrons. The van der Waals surface area contributed by atoms with Gasteiger partial charge in [0, 0.05) is 12.5 Å². The van der Waals surface area contributed by atoms with Crippen molar-refractivity contribution in [1.29, 1.82) is 0 Å². The average Bonchev–Trinajstić information content (AvgIpc) is 2.85. The van der Waals surface area contributed by atoms with Crippen LogP contribution < -0.4 is 5.32 Å². The van der Waals surface area contributed by atoms with Crippen LogP contribution in [-0.2, 0) is 6.42 Å². The lowest BCUT2D eigenvalue weighted by Crippen LogP contribution is -2.40. The van der Waals surface area contributed by atoms with Crippen LogP contribution in [-0.4, -0.2) is 22.6 Å². The quantitative estimate of drug-likeness (QED) is 0.925. The Labute approximate surface area is 121 Å². The second-order valence-electron chi connectivity index (χ2n) is 6.12. The molecule has 3 atom stereocenters. The molecule has 1 N–H and O–H groups in total. The lowest BCUT2D eigenvalue weighted by atomic mass is 9.83. The monoisotopic (exact) mass is 271 g/mol. The maximum absolute atomic E-state index is 4.84. The minimum Gasteiger partial charge on any atom is -0.323 e. The van der Waals surface area contributed by atoms with E-state index in [0.29, 0.717) is 12.1 Å². The van der Waals surface area contributed by atoms with Crippen molar-refractivity contribution in [2.24, 2.45) is 5.92 Å². The van der Waals surface area contributed by atoms with Gasteiger partial charge in [0.1, 0.15) is 5.82 Å². The van der Waals surface area contributed by atoms with E-state index in [1.165, 1.54) is 30.6 Å². The molecule has 0 bridgehead atoms. The zero-order valence-electron chi connectivity index (χ0n) is 12.8. The number of nitrogens with one attached hydrogen (secondary N) is 1. The van der Waals surface area contributed by atoms with Gasteiger partial charge in [-0.05, 0) is 44.4 Å². The number of imidazole rings is 1. The first-order valence-corrected chi connectivity index (χ1v) is 7.87. The molecule has 1 aromatic heterocycles. The summed E-state index contributed by atoms with van der Waals surface area (Å²) in [6.45, 7) is 4.59. The van der Waals surface area contributed by atoms with E-state index in [2.05, 4.69) is 55.0 Å². The largest absolute Gasteiger partial charge is 0.323 e. The van der Waals surface area contributed by atoms with E-state index < -0.39 is 0 Å². The van der Waals surface area contributed by atoms with Crippen LogP contribution in [0.25, 0.3) is 11.0 Å². The van der Waals surface area contributed by atoms with E-state index in [1.807, 2.05) is 0 Å². The molecule has 0 aliphatic heterocycles. The molecule has 2 aromatic rings. The van der Waals surface area contributed by atoms with Crippen molar-refractivity contribution in [3.63, 3.8) is 0 Å². The molecule has 3 heteroatoms. The van der Waals surface area contributed by atoms with Gasteiger partial charge in [-0.1, -0.05) is 26.0 Å². The number of para-hydroxylation sites is 2. The molecule has 1 aliphatic rings. The Balaban J connectivity index is 2.11. The number of hydrogen-bond acceptors (Lipinski definition) is 2. The normalized spacial score (nSPS) is 27.1. The van der Waals surface area contributed by atoms with Gasteiger partial charge in [-0.15, -0.1) is 0 Å². The Morgan fingerprint density at radius 1 is 1.30 bits per heavy atom. The predicted molar refractivity (Wildman–Crippen MR) is 84.0 cm³/mol. The molecule has 1 aromatic carbocycles. The van der Waals surface area contributed by atoms with Crippen LogP contribution in [0.3, 0.4) is 0 Å². The lowest BCUT2D eigenvalue weighted by Gasteiger charge is -2.36. The number of hydrogen-bond donors (Lipinski definition) is 1. The summed E-state index contributed by atoms with van der Waals surface area (Å²) in [6, 6.07) is 9.65. The van der Waals surface area contributed by atoms with Crippen molar-refractivity contribution in [2.75, 3.05) is 7.05 Å². The second kappa shape index (κ2) is 5.57. The highest BCUT2D eigenvalue weighted by atomic mass is 15.1. The van der Waals surface area contributed by atoms with Crippen molar-refractivity contribution in [2.45, 2.75) is 51.6 Å². The van der Waals surface area contributed by atoms with Crippen LogP contribution in [0, 0.1) is 5.92 Å². The van der Waals surface area contributed by atoms with E-state index in [4.69, 9.17) is 4.98 Å². The zero-order chi connectivity index (χ0) is 14.1. The van der Waals surface area contributed by atoms with Gasteiger partial charge in [-0.25, -0.2) is 4.98 Å². The number of benzene rings is 1. The highest BCUT2D eigenvalue weighted by Gasteiger charge is 2.31. The second-order valence-corrected chi connectivity index (χ2v) is 6.12. The summed E-state index contributed by atoms with van der Waals surface area (Å²) in [5.74, 6) is 2.03. The SMILES string of the molecule is CCc1nc2ccccc2n1C1CC(C)CCC1NC. The molecule has 1 aliphatic carbocycles. The van der Waals surface area contributed by atoms with Crippen LogP contribution in [0.15, 0.2) is 24.3 Å². The third-order valence-corrected chi connectivity index (χ3v) is 4.77. The Kier molecular flexibility index (Phi) is 3.79. The molecular formula is C17H25N3. The van der Waals surface area contributed by atoms with E-state index in [0.717, 1.165) is 17.9 Å². The Hall–Kier alpha value is -1.35. The summed E-state index contributed by atoms with van der Waals surface area (Å²) >= 11 is 0. The van der Waals surface area contributed by atoms with E-state index >= 15 is 0 Å². The van der Waals surface area contributed by atoms with Gasteiger partial charge in [0.05, 0.1) is 17.1 Å². The fourth-order valence-electron chi connectivity index (χ4n) is 3.69. The third-order valence-electron chi connectivity index (χ3n) is 4.77. The molecular weight excluding hydrogens is 246 g/mol. The maximum Gasteiger partial charge on any atom is 0.109 e. The molecule has 3 rings (SSSR count). The van der Waals surface area contributed by atoms with Crippen molar-refractivity contribution >= 4 is 11.0 Å². The first-order valence-electron chi connectivity index (χ1n) is 7.87. The molecule has 1 heterocycles. The zero-order valence-corrected chi connectivity index (χ0v) is 12.8. The summed E-state index contributed by atoms with van der Waals surface area (Å²) in [5, 5.41) is 3.53. The highest BCUT2D eigenvalue weighted by molar-refractivity contribution is 5.76. The smallest absolute Gasteiger partial charge is 0.109 e. The minimum atomic E-state index is 0.533. The number of aryl methyl sites for hydroxylation is 1. The average molecular weight is 271 g/mol. The van der Waals surface area contributed by atoms with E-state index in [-0.39, 0.29) is 0 Å². The number of likely N-dealkylation sites (N-methyl/N-ethyl adjacent to an activating group) is 1. The molecule has 3 unspecified atom stereocenters. The van der Waals surface area contributed by atoms with E-state index in [9.17, 15) is 0 Å². The van der Waals surface area contributed by atoms with Gasteiger partial charge >= 0.3 is 0 Å². The Morgan fingerprint density at radius 2 is 2.10 bits per heavy atom. The summed E-state index contributed by atoms with van der Waals surface area (Å²) in [4.78, 5) is 4.84. The fourth-order valence-corrected chi connectivity index (χ4v) is 3.69. The summed E-state index contributed by atoms with van der Waals surface area (Å²) in [5.41, 5.74) is 2.43. The maximum atomic E-state index is 4.84. The van der Waals surface area contributed by atoms with Crippen LogP contribution in [0.1, 0.15) is 45.0 Å². The molecule has 20 heavy (non-hydrogen) atoms. The van der Waals surface area contributed by atoms with Crippen molar-refractivity contribution in [3.8, 4) is 0 Å². The van der Waals surface area contributed by atoms with Crippen molar-refractivity contribution < 1.29 is 0 Å². The predicted octanol–water partition coefficient (Wildman–Crippen LogP) is 3.55. The van der Waals surface area contributed by atoms with Gasteiger partial charge < -0.3 is 9.88 Å². The number of aromatic nitrogens is 2. The fraction of sp³-hybridized carbons (Fsp3) is 0.588. The van der Waals surface area contributed by atoms with Crippen LogP contribution in [0.5, 0.6) is 0 Å². The molecule has 0 amide bonds. The van der Waals surface area contributed by atoms with Crippen LogP contribution in [0.2, 0.25) is 0 Å². The molecule has 3 nitrogen and oxygen atoms in total. The number of fused-ring (bicyclic) bond motifs is 1. The minimum absolute atomic E-state index is 0.533. The van der Waals surface area contributed by atoms with Gasteiger partial charge in [0.25, 0.3) is 0 Å². The topological polar surface area (TPSA) is 29.9 Å². The summed E-state index contributed by atoms with van der Waals surface area (Å²) in [7, 11) is 2.10. The van der Waals surface area contributed by atoms with Crippen LogP contribution in [0.4, 0.5) is 0 Å². The molecule has 1 saturated carbocycles. The van der Waals surface area contributed by atoms with Crippen molar-refractivity contribution in [1.82, 2.24) is 14.9 Å². The first-order chi connectivity index (χ1) is 9.74. The molecule has 108 valence electrons. The number of nitrogens with zero attached hydrogens (tertiary/aromatic N) is 2. The van der Waals surface area contributed by atoms with Crippen LogP contribution >= 0.6 is 0 Å². The lowest BCUT2D eigenvalue weighted by molar-refractivity contribution is 0.224. The van der Waals surface area contributed by atoms with Gasteiger partial charge in [0.2, 0.25) is 0 Å². The summed E-state index contributed by atoms with van der Waals surface area (Å²) in [6.07, 6.45) is 4.84. The van der Waals surface area contributed by atoms with Gasteiger partial charge in [-0.2, -0.15) is 0 Å². The molecule has 0 spiro atoms. The molecule has 1 fully saturated rings. The van der Waals surface area contributed by atoms with E-state index in [1.54, 1.807) is 0 Å². The third kappa shape index (κ3) is 2.24. The number of rotatable bonds is 3. The highest BCUT2D eigenvalue weighted by Crippen LogP contribution is 2.35. The van der Waals surface area contributed by atoms with Gasteiger partial charge in [0.15, 0.2) is 0 Å². The Morgan fingerprint density at radius 3 is 2.85 bits per heavy atom.